The number of ether oxygens (including phenoxy) is 1. The van der Waals surface area contributed by atoms with Gasteiger partial charge in [0.05, 0.1) is 17.5 Å². The monoisotopic (exact) mass is 507 g/mol. The molecule has 3 rings (SSSR count). The number of pyridine rings is 1. The van der Waals surface area contributed by atoms with Gasteiger partial charge in [-0.15, -0.1) is 0 Å². The molecule has 0 unspecified atom stereocenters. The van der Waals surface area contributed by atoms with Crippen LogP contribution in [0.15, 0.2) is 30.5 Å². The maximum Gasteiger partial charge on any atom is 0.422 e. The van der Waals surface area contributed by atoms with E-state index in [1.807, 2.05) is 0 Å². The second-order valence-electron chi connectivity index (χ2n) is 7.59. The first-order valence-corrected chi connectivity index (χ1v) is 11.0. The molecule has 184 valence electrons. The van der Waals surface area contributed by atoms with Gasteiger partial charge in [0.2, 0.25) is 16.0 Å². The lowest BCUT2D eigenvalue weighted by Gasteiger charge is -2.40. The summed E-state index contributed by atoms with van der Waals surface area (Å²) in [7, 11) is -2.89. The number of halogens is 5. The highest BCUT2D eigenvalue weighted by Crippen LogP contribution is 2.33. The maximum absolute atomic E-state index is 14.6. The minimum atomic E-state index is -4.56. The lowest BCUT2D eigenvalue weighted by atomic mass is 9.92. The molecular weight excluding hydrogens is 489 g/mol. The summed E-state index contributed by atoms with van der Waals surface area (Å²) in [5.74, 6) is -5.16. The van der Waals surface area contributed by atoms with Crippen molar-refractivity contribution in [3.8, 4) is 5.75 Å². The Hall–Kier alpha value is -3.49. The van der Waals surface area contributed by atoms with Crippen LogP contribution in [0.2, 0.25) is 0 Å². The summed E-state index contributed by atoms with van der Waals surface area (Å²) < 4.78 is 95.4. The Morgan fingerprint density at radius 1 is 1.32 bits per heavy atom. The van der Waals surface area contributed by atoms with E-state index in [9.17, 15) is 35.2 Å². The van der Waals surface area contributed by atoms with Gasteiger partial charge < -0.3 is 15.4 Å². The zero-order chi connectivity index (χ0) is 25.5. The van der Waals surface area contributed by atoms with Crippen LogP contribution in [0.5, 0.6) is 5.75 Å². The molecule has 1 aromatic heterocycles. The van der Waals surface area contributed by atoms with E-state index in [2.05, 4.69) is 20.4 Å². The average molecular weight is 507 g/mol. The van der Waals surface area contributed by atoms with Gasteiger partial charge in [-0.1, -0.05) is 0 Å². The van der Waals surface area contributed by atoms with Gasteiger partial charge in [-0.3, -0.25) is 10.2 Å². The van der Waals surface area contributed by atoms with Crippen LogP contribution >= 0.6 is 0 Å². The Morgan fingerprint density at radius 3 is 2.56 bits per heavy atom. The van der Waals surface area contributed by atoms with E-state index in [1.165, 1.54) is 6.92 Å². The number of benzene rings is 1. The summed E-state index contributed by atoms with van der Waals surface area (Å²) in [6.45, 7) is -0.287. The average Bonchev–Trinajstić information content (AvgIpc) is 2.72. The number of sulfonamides is 1. The molecule has 0 radical (unpaired) electrons. The number of alkyl halides is 3. The van der Waals surface area contributed by atoms with Gasteiger partial charge in [-0.25, -0.2) is 26.5 Å². The molecule has 1 aliphatic heterocycles. The number of carbonyl (C=O) groups excluding carboxylic acids is 1. The molecule has 15 heteroatoms. The molecule has 1 atom stereocenters. The first kappa shape index (κ1) is 25.1. The molecule has 0 spiro atoms. The number of guanidine groups is 1. The van der Waals surface area contributed by atoms with Crippen molar-refractivity contribution in [3.63, 3.8) is 0 Å². The minimum absolute atomic E-state index is 0.242. The SMILES string of the molecule is CN1C(=N)N[C@](C)(c2cc(NC(=O)c3ccc(OCC(F)(F)F)cn3)cc(F)c2F)CS1(=O)=O. The lowest BCUT2D eigenvalue weighted by molar-refractivity contribution is -0.153. The molecule has 34 heavy (non-hydrogen) atoms. The smallest absolute Gasteiger partial charge is 0.422 e. The first-order chi connectivity index (χ1) is 15.6. The van der Waals surface area contributed by atoms with E-state index >= 15 is 0 Å². The molecule has 1 aliphatic rings. The number of anilines is 1. The van der Waals surface area contributed by atoms with Crippen molar-refractivity contribution in [1.29, 1.82) is 5.41 Å². The quantitative estimate of drug-likeness (QED) is 0.535. The number of nitrogens with one attached hydrogen (secondary N) is 3. The summed E-state index contributed by atoms with van der Waals surface area (Å²) in [6, 6.07) is 3.81. The first-order valence-electron chi connectivity index (χ1n) is 9.41. The van der Waals surface area contributed by atoms with Crippen LogP contribution in [0.4, 0.5) is 27.6 Å². The van der Waals surface area contributed by atoms with Crippen molar-refractivity contribution in [2.24, 2.45) is 0 Å². The number of hydrogen-bond acceptors (Lipinski definition) is 6. The normalized spacial score (nSPS) is 20.0. The number of carbonyl (C=O) groups is 1. The lowest BCUT2D eigenvalue weighted by Crippen LogP contribution is -2.61. The molecule has 1 amide bonds. The van der Waals surface area contributed by atoms with Crippen LogP contribution < -0.4 is 15.4 Å². The second kappa shape index (κ2) is 8.70. The van der Waals surface area contributed by atoms with E-state index in [0.717, 1.165) is 31.4 Å². The van der Waals surface area contributed by atoms with Crippen molar-refractivity contribution < 1.29 is 39.9 Å². The minimum Gasteiger partial charge on any atom is -0.483 e. The summed E-state index contributed by atoms with van der Waals surface area (Å²) in [6.07, 6.45) is -3.67. The van der Waals surface area contributed by atoms with Crippen LogP contribution in [0.1, 0.15) is 23.0 Å². The molecular formula is C19H18F5N5O4S. The highest BCUT2D eigenvalue weighted by molar-refractivity contribution is 7.89. The molecule has 0 bridgehead atoms. The third kappa shape index (κ3) is 5.35. The predicted octanol–water partition coefficient (Wildman–Crippen LogP) is 2.57. The second-order valence-corrected chi connectivity index (χ2v) is 9.59. The number of amides is 1. The van der Waals surface area contributed by atoms with Gasteiger partial charge in [0.15, 0.2) is 18.2 Å². The Labute approximate surface area is 190 Å². The van der Waals surface area contributed by atoms with Gasteiger partial charge in [-0.05, 0) is 25.1 Å². The van der Waals surface area contributed by atoms with Crippen LogP contribution in [0, 0.1) is 17.0 Å². The third-order valence-electron chi connectivity index (χ3n) is 4.85. The topological polar surface area (TPSA) is 124 Å². The molecule has 9 nitrogen and oxygen atoms in total. The molecule has 1 fully saturated rings. The zero-order valence-electron chi connectivity index (χ0n) is 17.6. The standard InChI is InChI=1S/C19H18F5N5O4S/c1-18(9-34(31,32)29(2)17(25)28-18)12-5-10(6-13(20)15(12)21)27-16(30)14-4-3-11(7-26-14)33-8-19(22,23)24/h3-7H,8-9H2,1-2H3,(H2,25,28)(H,27,30)/t18-/m0/s1. The number of aromatic nitrogens is 1. The summed E-state index contributed by atoms with van der Waals surface area (Å²) in [5.41, 5.74) is -2.69. The predicted molar refractivity (Wildman–Crippen MR) is 110 cm³/mol. The molecule has 2 heterocycles. The van der Waals surface area contributed by atoms with E-state index in [4.69, 9.17) is 5.41 Å². The summed E-state index contributed by atoms with van der Waals surface area (Å²) >= 11 is 0. The van der Waals surface area contributed by atoms with Crippen LogP contribution in [0.25, 0.3) is 0 Å². The number of nitrogens with zero attached hydrogens (tertiary/aromatic N) is 2. The highest BCUT2D eigenvalue weighted by Gasteiger charge is 2.44. The fourth-order valence-electron chi connectivity index (χ4n) is 3.14. The molecule has 0 aliphatic carbocycles. The Morgan fingerprint density at radius 2 is 2.00 bits per heavy atom. The van der Waals surface area contributed by atoms with Crippen molar-refractivity contribution in [1.82, 2.24) is 14.6 Å². The van der Waals surface area contributed by atoms with Gasteiger partial charge in [0.25, 0.3) is 5.91 Å². The van der Waals surface area contributed by atoms with Crippen LogP contribution in [-0.2, 0) is 15.6 Å². The Bertz CT molecular complexity index is 1240. The maximum atomic E-state index is 14.6. The van der Waals surface area contributed by atoms with E-state index in [-0.39, 0.29) is 17.1 Å². The van der Waals surface area contributed by atoms with E-state index < -0.39 is 63.2 Å². The van der Waals surface area contributed by atoms with Gasteiger partial charge in [0.1, 0.15) is 11.4 Å². The van der Waals surface area contributed by atoms with Crippen molar-refractivity contribution >= 4 is 27.6 Å². The van der Waals surface area contributed by atoms with Crippen molar-refractivity contribution in [3.05, 3.63) is 53.4 Å². The molecule has 3 N–H and O–H groups in total. The largest absolute Gasteiger partial charge is 0.483 e. The zero-order valence-corrected chi connectivity index (χ0v) is 18.4. The summed E-state index contributed by atoms with van der Waals surface area (Å²) in [5, 5.41) is 12.6. The Balaban J connectivity index is 1.84. The molecule has 2 aromatic rings. The van der Waals surface area contributed by atoms with E-state index in [0.29, 0.717) is 10.4 Å². The highest BCUT2D eigenvalue weighted by atomic mass is 32.2. The fourth-order valence-corrected chi connectivity index (χ4v) is 4.62. The molecule has 1 saturated heterocycles. The molecule has 0 saturated carbocycles. The van der Waals surface area contributed by atoms with E-state index in [1.54, 1.807) is 0 Å². The van der Waals surface area contributed by atoms with Gasteiger partial charge in [0, 0.05) is 24.4 Å². The van der Waals surface area contributed by atoms with Gasteiger partial charge >= 0.3 is 6.18 Å². The van der Waals surface area contributed by atoms with Crippen molar-refractivity contribution in [2.75, 3.05) is 24.7 Å². The van der Waals surface area contributed by atoms with Gasteiger partial charge in [-0.2, -0.15) is 13.2 Å². The van der Waals surface area contributed by atoms with Crippen molar-refractivity contribution in [2.45, 2.75) is 18.6 Å². The third-order valence-corrected chi connectivity index (χ3v) is 6.81. The number of rotatable bonds is 5. The fraction of sp³-hybridized carbons (Fsp3) is 0.316. The summed E-state index contributed by atoms with van der Waals surface area (Å²) in [4.78, 5) is 16.1. The number of hydrogen-bond donors (Lipinski definition) is 3. The van der Waals surface area contributed by atoms with Crippen LogP contribution in [0.3, 0.4) is 0 Å². The Kier molecular flexibility index (Phi) is 6.43. The van der Waals surface area contributed by atoms with Crippen LogP contribution in [-0.4, -0.2) is 55.2 Å². The molecule has 1 aromatic carbocycles.